The lowest BCUT2D eigenvalue weighted by molar-refractivity contribution is 0.669. The van der Waals surface area contributed by atoms with E-state index in [1.165, 1.54) is 16.5 Å². The van der Waals surface area contributed by atoms with Crippen molar-refractivity contribution in [3.8, 4) is 67.5 Å². The van der Waals surface area contributed by atoms with Crippen molar-refractivity contribution >= 4 is 43.5 Å². The van der Waals surface area contributed by atoms with Gasteiger partial charge < -0.3 is 4.42 Å². The van der Waals surface area contributed by atoms with Crippen molar-refractivity contribution in [2.45, 2.75) is 0 Å². The van der Waals surface area contributed by atoms with Crippen LogP contribution in [0.1, 0.15) is 0 Å². The molecule has 0 saturated carbocycles. The van der Waals surface area contributed by atoms with Gasteiger partial charge in [-0.05, 0) is 97.4 Å². The van der Waals surface area contributed by atoms with Crippen molar-refractivity contribution < 1.29 is 4.42 Å². The summed E-state index contributed by atoms with van der Waals surface area (Å²) in [6.07, 6.45) is 0. The van der Waals surface area contributed by atoms with Crippen LogP contribution in [0, 0.1) is 0 Å². The van der Waals surface area contributed by atoms with E-state index in [0.717, 1.165) is 77.0 Å². The molecule has 4 nitrogen and oxygen atoms in total. The molecule has 0 aliphatic rings. The van der Waals surface area contributed by atoms with Gasteiger partial charge in [0.2, 0.25) is 0 Å². The number of hydrogen-bond donors (Lipinski definition) is 0. The average molecular weight is 728 g/mol. The second kappa shape index (κ2) is 13.6. The van der Waals surface area contributed by atoms with Gasteiger partial charge in [-0.2, -0.15) is 0 Å². The molecule has 4 heteroatoms. The first-order valence-corrected chi connectivity index (χ1v) is 19.2. The van der Waals surface area contributed by atoms with Crippen LogP contribution in [0.25, 0.3) is 111 Å². The van der Waals surface area contributed by atoms with Gasteiger partial charge in [0.15, 0.2) is 17.5 Å². The Morgan fingerprint density at radius 2 is 0.825 bits per heavy atom. The van der Waals surface area contributed by atoms with Crippen LogP contribution >= 0.6 is 0 Å². The molecule has 11 aromatic rings. The Bertz CT molecular complexity index is 3300. The van der Waals surface area contributed by atoms with E-state index in [2.05, 4.69) is 176 Å². The molecule has 11 rings (SSSR count). The van der Waals surface area contributed by atoms with Gasteiger partial charge in [0.1, 0.15) is 11.2 Å². The van der Waals surface area contributed by atoms with Gasteiger partial charge in [-0.25, -0.2) is 15.0 Å². The summed E-state index contributed by atoms with van der Waals surface area (Å²) in [5, 5.41) is 6.77. The van der Waals surface area contributed by atoms with Crippen molar-refractivity contribution in [3.63, 3.8) is 0 Å². The number of aromatic nitrogens is 3. The van der Waals surface area contributed by atoms with Crippen molar-refractivity contribution in [2.75, 3.05) is 0 Å². The summed E-state index contributed by atoms with van der Waals surface area (Å²) in [5.74, 6) is 1.84. The van der Waals surface area contributed by atoms with Gasteiger partial charge in [-0.1, -0.05) is 158 Å². The molecule has 0 aliphatic carbocycles. The molecule has 0 atom stereocenters. The van der Waals surface area contributed by atoms with Gasteiger partial charge in [0.25, 0.3) is 0 Å². The monoisotopic (exact) mass is 727 g/mol. The number of rotatable bonds is 6. The Balaban J connectivity index is 1.10. The molecule has 0 radical (unpaired) electrons. The summed E-state index contributed by atoms with van der Waals surface area (Å²) in [6.45, 7) is 0. The molecular formula is C53H33N3O. The largest absolute Gasteiger partial charge is 0.456 e. The first-order chi connectivity index (χ1) is 28.2. The van der Waals surface area contributed by atoms with Crippen molar-refractivity contribution in [3.05, 3.63) is 200 Å². The topological polar surface area (TPSA) is 51.8 Å². The van der Waals surface area contributed by atoms with Gasteiger partial charge in [-0.3, -0.25) is 0 Å². The molecule has 57 heavy (non-hydrogen) atoms. The van der Waals surface area contributed by atoms with Gasteiger partial charge in [-0.15, -0.1) is 0 Å². The summed E-state index contributed by atoms with van der Waals surface area (Å²) in [6, 6.07) is 70.0. The number of para-hydroxylation sites is 1. The lowest BCUT2D eigenvalue weighted by Gasteiger charge is -2.13. The lowest BCUT2D eigenvalue weighted by atomic mass is 9.95. The molecule has 0 saturated heterocycles. The van der Waals surface area contributed by atoms with Gasteiger partial charge in [0.05, 0.1) is 0 Å². The van der Waals surface area contributed by atoms with Crippen molar-refractivity contribution in [2.24, 2.45) is 0 Å². The molecule has 0 fully saturated rings. The first-order valence-electron chi connectivity index (χ1n) is 19.2. The first kappa shape index (κ1) is 32.7. The van der Waals surface area contributed by atoms with Crippen LogP contribution in [0.4, 0.5) is 0 Å². The Kier molecular flexibility index (Phi) is 7.78. The highest BCUT2D eigenvalue weighted by Gasteiger charge is 2.17. The molecule has 9 aromatic carbocycles. The maximum Gasteiger partial charge on any atom is 0.164 e. The minimum atomic E-state index is 0.606. The SMILES string of the molecule is c1ccc(-c2ccc3cc(-c4nc(-c5cccc(-c6cccc7oc8ccccc8c67)c5)nc(-c5cc(-c6ccccc6)c6ccccc6c5)n4)ccc3c2)cc1. The highest BCUT2D eigenvalue weighted by Crippen LogP contribution is 2.39. The molecule has 0 bridgehead atoms. The van der Waals surface area contributed by atoms with Crippen LogP contribution in [-0.2, 0) is 0 Å². The molecule has 0 aliphatic heterocycles. The molecular weight excluding hydrogens is 695 g/mol. The summed E-state index contributed by atoms with van der Waals surface area (Å²) in [7, 11) is 0. The van der Waals surface area contributed by atoms with E-state index in [1.807, 2.05) is 24.3 Å². The molecule has 0 N–H and O–H groups in total. The highest BCUT2D eigenvalue weighted by molar-refractivity contribution is 6.12. The second-order valence-electron chi connectivity index (χ2n) is 14.4. The Morgan fingerprint density at radius 3 is 1.61 bits per heavy atom. The maximum atomic E-state index is 6.26. The van der Waals surface area contributed by atoms with E-state index < -0.39 is 0 Å². The van der Waals surface area contributed by atoms with Crippen LogP contribution in [0.5, 0.6) is 0 Å². The van der Waals surface area contributed by atoms with Crippen LogP contribution in [-0.4, -0.2) is 15.0 Å². The van der Waals surface area contributed by atoms with Crippen molar-refractivity contribution in [1.82, 2.24) is 15.0 Å². The Morgan fingerprint density at radius 1 is 0.281 bits per heavy atom. The summed E-state index contributed by atoms with van der Waals surface area (Å²) >= 11 is 0. The summed E-state index contributed by atoms with van der Waals surface area (Å²) in [4.78, 5) is 15.7. The van der Waals surface area contributed by atoms with E-state index in [4.69, 9.17) is 19.4 Å². The predicted molar refractivity (Wildman–Crippen MR) is 235 cm³/mol. The van der Waals surface area contributed by atoms with E-state index >= 15 is 0 Å². The quantitative estimate of drug-likeness (QED) is 0.171. The predicted octanol–water partition coefficient (Wildman–Crippen LogP) is 14.1. The van der Waals surface area contributed by atoms with E-state index in [0.29, 0.717) is 17.5 Å². The van der Waals surface area contributed by atoms with Gasteiger partial charge in [0, 0.05) is 27.5 Å². The number of hydrogen-bond acceptors (Lipinski definition) is 4. The number of nitrogens with zero attached hydrogens (tertiary/aromatic N) is 3. The van der Waals surface area contributed by atoms with E-state index in [-0.39, 0.29) is 0 Å². The third-order valence-electron chi connectivity index (χ3n) is 10.9. The summed E-state index contributed by atoms with van der Waals surface area (Å²) < 4.78 is 6.26. The number of furan rings is 1. The third-order valence-corrected chi connectivity index (χ3v) is 10.9. The van der Waals surface area contributed by atoms with Crippen LogP contribution in [0.3, 0.4) is 0 Å². The Labute approximate surface area is 329 Å². The smallest absolute Gasteiger partial charge is 0.164 e. The minimum Gasteiger partial charge on any atom is -0.456 e. The molecule has 2 aromatic heterocycles. The zero-order valence-corrected chi connectivity index (χ0v) is 30.8. The fraction of sp³-hybridized carbons (Fsp3) is 0. The minimum absolute atomic E-state index is 0.606. The van der Waals surface area contributed by atoms with Crippen molar-refractivity contribution in [1.29, 1.82) is 0 Å². The van der Waals surface area contributed by atoms with Crippen LogP contribution < -0.4 is 0 Å². The highest BCUT2D eigenvalue weighted by atomic mass is 16.3. The average Bonchev–Trinajstić information content (AvgIpc) is 3.68. The fourth-order valence-electron chi connectivity index (χ4n) is 8.10. The normalized spacial score (nSPS) is 11.5. The summed E-state index contributed by atoms with van der Waals surface area (Å²) in [5.41, 5.74) is 11.3. The molecule has 0 unspecified atom stereocenters. The van der Waals surface area contributed by atoms with Crippen LogP contribution in [0.15, 0.2) is 205 Å². The van der Waals surface area contributed by atoms with E-state index in [1.54, 1.807) is 0 Å². The zero-order chi connectivity index (χ0) is 37.7. The molecule has 2 heterocycles. The van der Waals surface area contributed by atoms with E-state index in [9.17, 15) is 0 Å². The Hall–Kier alpha value is -7.69. The fourth-order valence-corrected chi connectivity index (χ4v) is 8.10. The molecule has 0 spiro atoms. The standard InChI is InChI=1S/C53H33N3O/c1-3-13-34(14-4-1)36-25-26-38-30-42(28-27-37(38)29-36)52-54-51(41-19-11-18-40(31-41)45-22-12-24-49-50(45)46-21-9-10-23-48(46)57-49)55-53(56-52)43-32-39-17-7-8-20-44(39)47(33-43)35-15-5-2-6-16-35/h1-33H. The third kappa shape index (κ3) is 5.92. The van der Waals surface area contributed by atoms with Crippen LogP contribution in [0.2, 0.25) is 0 Å². The van der Waals surface area contributed by atoms with Gasteiger partial charge >= 0.3 is 0 Å². The molecule has 266 valence electrons. The number of fused-ring (bicyclic) bond motifs is 5. The molecule has 0 amide bonds. The lowest BCUT2D eigenvalue weighted by Crippen LogP contribution is -2.01. The zero-order valence-electron chi connectivity index (χ0n) is 30.8. The number of benzene rings is 9. The second-order valence-corrected chi connectivity index (χ2v) is 14.4. The maximum absolute atomic E-state index is 6.26.